The molecular formula is C21H23N3O3. The second-order valence-electron chi connectivity index (χ2n) is 6.95. The second kappa shape index (κ2) is 7.75. The summed E-state index contributed by atoms with van der Waals surface area (Å²) in [7, 11) is 0. The molecule has 0 atom stereocenters. The number of hydrogen-bond acceptors (Lipinski definition) is 5. The molecule has 0 unspecified atom stereocenters. The van der Waals surface area contributed by atoms with Crippen molar-refractivity contribution in [3.05, 3.63) is 50.3 Å². The zero-order valence-corrected chi connectivity index (χ0v) is 15.7. The number of carbonyl (C=O) groups excluding carboxylic acids is 1. The van der Waals surface area contributed by atoms with Crippen molar-refractivity contribution in [1.82, 2.24) is 0 Å². The summed E-state index contributed by atoms with van der Waals surface area (Å²) >= 11 is 0. The summed E-state index contributed by atoms with van der Waals surface area (Å²) in [6.07, 6.45) is 5.39. The number of rotatable bonds is 5. The maximum atomic E-state index is 12.4. The highest BCUT2D eigenvalue weighted by Gasteiger charge is 2.35. The van der Waals surface area contributed by atoms with Gasteiger partial charge in [0.15, 0.2) is 0 Å². The first-order valence-electron chi connectivity index (χ1n) is 9.40. The molecule has 6 heteroatoms. The van der Waals surface area contributed by atoms with Crippen molar-refractivity contribution in [3.63, 3.8) is 0 Å². The minimum absolute atomic E-state index is 0.157. The Morgan fingerprint density at radius 2 is 1.67 bits per heavy atom. The molecule has 27 heavy (non-hydrogen) atoms. The first kappa shape index (κ1) is 18.8. The van der Waals surface area contributed by atoms with Crippen molar-refractivity contribution in [2.75, 3.05) is 16.3 Å². The molecule has 0 aliphatic heterocycles. The molecule has 0 bridgehead atoms. The fraction of sp³-hybridized carbons (Fsp3) is 0.429. The average molecular weight is 365 g/mol. The quantitative estimate of drug-likeness (QED) is 0.761. The van der Waals surface area contributed by atoms with Crippen molar-refractivity contribution >= 4 is 23.0 Å². The normalized spacial score (nSPS) is 14.7. The van der Waals surface area contributed by atoms with E-state index in [1.165, 1.54) is 18.2 Å². The van der Waals surface area contributed by atoms with E-state index in [0.717, 1.165) is 25.7 Å². The molecular weight excluding hydrogens is 342 g/mol. The van der Waals surface area contributed by atoms with Gasteiger partial charge in [-0.15, -0.1) is 0 Å². The first-order chi connectivity index (χ1) is 13.0. The Bertz CT molecular complexity index is 943. The molecule has 2 aromatic rings. The van der Waals surface area contributed by atoms with Gasteiger partial charge in [-0.2, -0.15) is 5.26 Å². The maximum Gasteiger partial charge on any atom is 0.254 e. The van der Waals surface area contributed by atoms with Gasteiger partial charge in [-0.3, -0.25) is 19.3 Å². The van der Waals surface area contributed by atoms with E-state index in [-0.39, 0.29) is 17.6 Å². The summed E-state index contributed by atoms with van der Waals surface area (Å²) in [6, 6.07) is 8.68. The predicted molar refractivity (Wildman–Crippen MR) is 105 cm³/mol. The standard InChI is InChI=1S/C21H23N3O3/c1-3-23(16-7-5-4-6-8-16)18-19(21(27)20(18)26)24(14(2)25)17-11-9-15(13-22)10-12-17/h9-12,16H,3-8H2,1-2H3. The molecule has 0 N–H and O–H groups in total. The lowest BCUT2D eigenvalue weighted by atomic mass is 9.93. The molecule has 1 saturated carbocycles. The van der Waals surface area contributed by atoms with Crippen LogP contribution in [0.2, 0.25) is 0 Å². The third-order valence-corrected chi connectivity index (χ3v) is 5.30. The van der Waals surface area contributed by atoms with Crippen LogP contribution < -0.4 is 20.7 Å². The summed E-state index contributed by atoms with van der Waals surface area (Å²) in [5.41, 5.74) is 0.314. The Hall–Kier alpha value is -2.94. The minimum atomic E-state index is -0.626. The summed E-state index contributed by atoms with van der Waals surface area (Å²) in [5, 5.41) is 8.97. The van der Waals surface area contributed by atoms with Crippen molar-refractivity contribution in [2.45, 2.75) is 52.0 Å². The largest absolute Gasteiger partial charge is 0.364 e. The Balaban J connectivity index is 2.05. The van der Waals surface area contributed by atoms with Crippen LogP contribution in [0, 0.1) is 11.3 Å². The van der Waals surface area contributed by atoms with Crippen LogP contribution in [-0.2, 0) is 4.79 Å². The second-order valence-corrected chi connectivity index (χ2v) is 6.95. The number of nitriles is 1. The van der Waals surface area contributed by atoms with Gasteiger partial charge >= 0.3 is 0 Å². The monoisotopic (exact) mass is 365 g/mol. The van der Waals surface area contributed by atoms with Crippen LogP contribution in [0.4, 0.5) is 17.1 Å². The number of hydrogen-bond donors (Lipinski definition) is 0. The van der Waals surface area contributed by atoms with E-state index < -0.39 is 10.9 Å². The molecule has 1 amide bonds. The highest BCUT2D eigenvalue weighted by atomic mass is 16.2. The van der Waals surface area contributed by atoms with Crippen LogP contribution in [0.5, 0.6) is 0 Å². The topological polar surface area (TPSA) is 81.5 Å². The Labute approximate surface area is 158 Å². The molecule has 0 radical (unpaired) electrons. The third kappa shape index (κ3) is 3.37. The highest BCUT2D eigenvalue weighted by Crippen LogP contribution is 2.34. The smallest absolute Gasteiger partial charge is 0.254 e. The van der Waals surface area contributed by atoms with Gasteiger partial charge in [-0.1, -0.05) is 19.3 Å². The van der Waals surface area contributed by atoms with Gasteiger partial charge in [0.2, 0.25) is 5.91 Å². The van der Waals surface area contributed by atoms with Gasteiger partial charge < -0.3 is 4.90 Å². The fourth-order valence-corrected chi connectivity index (χ4v) is 3.99. The van der Waals surface area contributed by atoms with E-state index >= 15 is 0 Å². The van der Waals surface area contributed by atoms with E-state index in [1.807, 2.05) is 17.9 Å². The van der Waals surface area contributed by atoms with Crippen LogP contribution >= 0.6 is 0 Å². The molecule has 1 fully saturated rings. The summed E-state index contributed by atoms with van der Waals surface area (Å²) < 4.78 is 0. The molecule has 0 heterocycles. The Morgan fingerprint density at radius 1 is 1.07 bits per heavy atom. The molecule has 2 aromatic carbocycles. The lowest BCUT2D eigenvalue weighted by Crippen LogP contribution is -2.49. The van der Waals surface area contributed by atoms with E-state index in [1.54, 1.807) is 24.3 Å². The molecule has 140 valence electrons. The first-order valence-corrected chi connectivity index (χ1v) is 9.40. The van der Waals surface area contributed by atoms with Crippen LogP contribution in [0.25, 0.3) is 0 Å². The van der Waals surface area contributed by atoms with E-state index in [2.05, 4.69) is 0 Å². The zero-order chi connectivity index (χ0) is 19.6. The van der Waals surface area contributed by atoms with E-state index in [0.29, 0.717) is 23.5 Å². The maximum absolute atomic E-state index is 12.4. The van der Waals surface area contributed by atoms with Gasteiger partial charge in [-0.05, 0) is 44.0 Å². The zero-order valence-electron chi connectivity index (χ0n) is 15.7. The SMILES string of the molecule is CCN(c1c(N(C(C)=O)c2ccc(C#N)cc2)c(=O)c1=O)C1CCCCC1. The Morgan fingerprint density at radius 3 is 2.19 bits per heavy atom. The molecule has 1 aliphatic carbocycles. The van der Waals surface area contributed by atoms with E-state index in [4.69, 9.17) is 5.26 Å². The van der Waals surface area contributed by atoms with Crippen molar-refractivity contribution in [2.24, 2.45) is 0 Å². The average Bonchev–Trinajstić information content (AvgIpc) is 2.71. The molecule has 6 nitrogen and oxygen atoms in total. The highest BCUT2D eigenvalue weighted by molar-refractivity contribution is 6.03. The van der Waals surface area contributed by atoms with Gasteiger partial charge in [-0.25, -0.2) is 0 Å². The number of carbonyl (C=O) groups is 1. The van der Waals surface area contributed by atoms with Crippen LogP contribution in [0.3, 0.4) is 0 Å². The van der Waals surface area contributed by atoms with Gasteiger partial charge in [0.1, 0.15) is 11.4 Å². The predicted octanol–water partition coefficient (Wildman–Crippen LogP) is 3.00. The Kier molecular flexibility index (Phi) is 5.41. The number of amides is 1. The van der Waals surface area contributed by atoms with Gasteiger partial charge in [0.05, 0.1) is 11.6 Å². The lowest BCUT2D eigenvalue weighted by Gasteiger charge is -2.38. The van der Waals surface area contributed by atoms with Crippen LogP contribution in [-0.4, -0.2) is 18.5 Å². The summed E-state index contributed by atoms with van der Waals surface area (Å²) in [6.45, 7) is 3.95. The van der Waals surface area contributed by atoms with Crippen molar-refractivity contribution in [3.8, 4) is 6.07 Å². The lowest BCUT2D eigenvalue weighted by molar-refractivity contribution is -0.115. The third-order valence-electron chi connectivity index (χ3n) is 5.30. The van der Waals surface area contributed by atoms with Crippen LogP contribution in [0.1, 0.15) is 51.5 Å². The number of benzene rings is 1. The van der Waals surface area contributed by atoms with Gasteiger partial charge in [0, 0.05) is 25.2 Å². The minimum Gasteiger partial charge on any atom is -0.364 e. The molecule has 0 saturated heterocycles. The van der Waals surface area contributed by atoms with Crippen LogP contribution in [0.15, 0.2) is 33.9 Å². The molecule has 0 spiro atoms. The number of nitrogens with zero attached hydrogens (tertiary/aromatic N) is 3. The molecule has 3 rings (SSSR count). The number of anilines is 3. The molecule has 1 aliphatic rings. The molecule has 0 aromatic heterocycles. The van der Waals surface area contributed by atoms with Gasteiger partial charge in [0.25, 0.3) is 10.9 Å². The summed E-state index contributed by atoms with van der Waals surface area (Å²) in [4.78, 5) is 40.5. The van der Waals surface area contributed by atoms with Crippen molar-refractivity contribution in [1.29, 1.82) is 5.26 Å². The fourth-order valence-electron chi connectivity index (χ4n) is 3.99. The van der Waals surface area contributed by atoms with E-state index in [9.17, 15) is 14.4 Å². The summed E-state index contributed by atoms with van der Waals surface area (Å²) in [5.74, 6) is -0.340. The van der Waals surface area contributed by atoms with Crippen molar-refractivity contribution < 1.29 is 4.79 Å².